The van der Waals surface area contributed by atoms with Crippen molar-refractivity contribution in [2.75, 3.05) is 5.32 Å². The number of aryl methyl sites for hydroxylation is 3. The molecule has 7 heteroatoms. The Morgan fingerprint density at radius 1 is 1.18 bits per heavy atom. The summed E-state index contributed by atoms with van der Waals surface area (Å²) < 4.78 is 8.48. The SMILES string of the molecule is CCc1nn([C@@H](C)C(=O)Nc2cc(C)cc(C)c2)c(=O)c2cc3occc3n12. The van der Waals surface area contributed by atoms with Crippen LogP contribution >= 0.6 is 0 Å². The number of rotatable bonds is 4. The minimum absolute atomic E-state index is 0.291. The van der Waals surface area contributed by atoms with Crippen LogP contribution in [0.15, 0.2) is 45.8 Å². The van der Waals surface area contributed by atoms with Gasteiger partial charge in [0.05, 0.1) is 11.8 Å². The molecule has 0 aliphatic carbocycles. The molecule has 4 aromatic rings. The first-order chi connectivity index (χ1) is 13.4. The van der Waals surface area contributed by atoms with Gasteiger partial charge >= 0.3 is 0 Å². The third-order valence-electron chi connectivity index (χ3n) is 4.88. The maximum atomic E-state index is 13.0. The van der Waals surface area contributed by atoms with E-state index in [9.17, 15) is 9.59 Å². The zero-order chi connectivity index (χ0) is 20.0. The van der Waals surface area contributed by atoms with Crippen molar-refractivity contribution >= 4 is 28.2 Å². The van der Waals surface area contributed by atoms with Crippen LogP contribution in [0.4, 0.5) is 5.69 Å². The fourth-order valence-corrected chi connectivity index (χ4v) is 3.59. The standard InChI is InChI=1S/C21H22N4O3/c1-5-19-23-25(21(27)17-11-18-16(24(17)19)6-7-28-18)14(4)20(26)22-15-9-12(2)8-13(3)10-15/h6-11,14H,5H2,1-4H3,(H,22,26)/t14-/m0/s1. The van der Waals surface area contributed by atoms with Crippen LogP contribution in [0.5, 0.6) is 0 Å². The molecular weight excluding hydrogens is 356 g/mol. The fourth-order valence-electron chi connectivity index (χ4n) is 3.59. The van der Waals surface area contributed by atoms with E-state index < -0.39 is 6.04 Å². The summed E-state index contributed by atoms with van der Waals surface area (Å²) in [6.45, 7) is 7.59. The van der Waals surface area contributed by atoms with Crippen molar-refractivity contribution in [2.45, 2.75) is 40.2 Å². The summed E-state index contributed by atoms with van der Waals surface area (Å²) in [7, 11) is 0. The first kappa shape index (κ1) is 18.0. The van der Waals surface area contributed by atoms with E-state index in [0.717, 1.165) is 16.6 Å². The third kappa shape index (κ3) is 2.89. The van der Waals surface area contributed by atoms with E-state index >= 15 is 0 Å². The van der Waals surface area contributed by atoms with Gasteiger partial charge in [-0.05, 0) is 44.0 Å². The summed E-state index contributed by atoms with van der Waals surface area (Å²) in [6.07, 6.45) is 2.19. The van der Waals surface area contributed by atoms with Crippen LogP contribution in [0, 0.1) is 13.8 Å². The molecule has 1 amide bonds. The van der Waals surface area contributed by atoms with E-state index in [-0.39, 0.29) is 11.5 Å². The van der Waals surface area contributed by atoms with Crippen LogP contribution in [0.3, 0.4) is 0 Å². The molecule has 144 valence electrons. The molecule has 0 saturated heterocycles. The van der Waals surface area contributed by atoms with E-state index in [0.29, 0.717) is 29.0 Å². The number of fused-ring (bicyclic) bond motifs is 3. The van der Waals surface area contributed by atoms with Gasteiger partial charge in [-0.1, -0.05) is 13.0 Å². The summed E-state index contributed by atoms with van der Waals surface area (Å²) in [4.78, 5) is 25.8. The van der Waals surface area contributed by atoms with Gasteiger partial charge in [0.2, 0.25) is 5.91 Å². The quantitative estimate of drug-likeness (QED) is 0.588. The molecule has 0 bridgehead atoms. The van der Waals surface area contributed by atoms with Gasteiger partial charge in [-0.25, -0.2) is 4.68 Å². The summed E-state index contributed by atoms with van der Waals surface area (Å²) >= 11 is 0. The number of furan rings is 1. The topological polar surface area (TPSA) is 81.5 Å². The van der Waals surface area contributed by atoms with Crippen molar-refractivity contribution in [1.82, 2.24) is 14.2 Å². The Hall–Kier alpha value is -3.35. The van der Waals surface area contributed by atoms with Crippen molar-refractivity contribution in [3.8, 4) is 0 Å². The van der Waals surface area contributed by atoms with E-state index in [1.54, 1.807) is 23.7 Å². The van der Waals surface area contributed by atoms with Gasteiger partial charge < -0.3 is 9.73 Å². The maximum absolute atomic E-state index is 13.0. The van der Waals surface area contributed by atoms with Crippen LogP contribution in [0.1, 0.15) is 36.8 Å². The van der Waals surface area contributed by atoms with Crippen LogP contribution < -0.4 is 10.9 Å². The minimum atomic E-state index is -0.759. The summed E-state index contributed by atoms with van der Waals surface area (Å²) in [5.74, 6) is 0.401. The second-order valence-electron chi connectivity index (χ2n) is 7.10. The number of aromatic nitrogens is 3. The molecule has 0 radical (unpaired) electrons. The number of benzene rings is 1. The molecule has 0 fully saturated rings. The van der Waals surface area contributed by atoms with Crippen molar-refractivity contribution in [3.05, 3.63) is 63.9 Å². The Labute approximate surface area is 161 Å². The van der Waals surface area contributed by atoms with Crippen molar-refractivity contribution in [3.63, 3.8) is 0 Å². The number of carbonyl (C=O) groups excluding carboxylic acids is 1. The highest BCUT2D eigenvalue weighted by Crippen LogP contribution is 2.21. The van der Waals surface area contributed by atoms with Crippen molar-refractivity contribution in [1.29, 1.82) is 0 Å². The summed E-state index contributed by atoms with van der Waals surface area (Å²) in [5, 5.41) is 7.38. The predicted molar refractivity (Wildman–Crippen MR) is 108 cm³/mol. The molecule has 3 aromatic heterocycles. The molecule has 1 aromatic carbocycles. The minimum Gasteiger partial charge on any atom is -0.463 e. The number of nitrogens with one attached hydrogen (secondary N) is 1. The predicted octanol–water partition coefficient (Wildman–Crippen LogP) is 3.62. The lowest BCUT2D eigenvalue weighted by atomic mass is 10.1. The maximum Gasteiger partial charge on any atom is 0.291 e. The van der Waals surface area contributed by atoms with Gasteiger partial charge in [0.25, 0.3) is 5.56 Å². The summed E-state index contributed by atoms with van der Waals surface area (Å²) in [5.41, 5.74) is 4.38. The molecule has 0 aliphatic rings. The van der Waals surface area contributed by atoms with E-state index in [4.69, 9.17) is 4.42 Å². The Bertz CT molecular complexity index is 1240. The monoisotopic (exact) mass is 378 g/mol. The second-order valence-corrected chi connectivity index (χ2v) is 7.10. The lowest BCUT2D eigenvalue weighted by Gasteiger charge is -2.16. The van der Waals surface area contributed by atoms with Gasteiger partial charge in [-0.2, -0.15) is 5.10 Å². The molecule has 1 N–H and O–H groups in total. The first-order valence-electron chi connectivity index (χ1n) is 9.28. The van der Waals surface area contributed by atoms with E-state index in [1.165, 1.54) is 4.68 Å². The number of amides is 1. The van der Waals surface area contributed by atoms with Crippen molar-refractivity contribution in [2.24, 2.45) is 0 Å². The normalized spacial score (nSPS) is 12.6. The van der Waals surface area contributed by atoms with Gasteiger partial charge in [-0.15, -0.1) is 0 Å². The zero-order valence-corrected chi connectivity index (χ0v) is 16.3. The largest absolute Gasteiger partial charge is 0.463 e. The molecule has 0 saturated carbocycles. The van der Waals surface area contributed by atoms with Gasteiger partial charge in [0, 0.05) is 24.2 Å². The Morgan fingerprint density at radius 3 is 2.57 bits per heavy atom. The van der Waals surface area contributed by atoms with Gasteiger partial charge in [0.15, 0.2) is 5.58 Å². The number of hydrogen-bond donors (Lipinski definition) is 1. The smallest absolute Gasteiger partial charge is 0.291 e. The number of carbonyl (C=O) groups is 1. The molecule has 28 heavy (non-hydrogen) atoms. The second kappa shape index (κ2) is 6.67. The molecule has 7 nitrogen and oxygen atoms in total. The zero-order valence-electron chi connectivity index (χ0n) is 16.3. The van der Waals surface area contributed by atoms with E-state index in [2.05, 4.69) is 10.4 Å². The van der Waals surface area contributed by atoms with Gasteiger partial charge in [-0.3, -0.25) is 14.0 Å². The first-order valence-corrected chi connectivity index (χ1v) is 9.28. The molecular formula is C21H22N4O3. The highest BCUT2D eigenvalue weighted by molar-refractivity contribution is 5.93. The lowest BCUT2D eigenvalue weighted by molar-refractivity contribution is -0.119. The molecule has 0 unspecified atom stereocenters. The Kier molecular flexibility index (Phi) is 4.30. The Morgan fingerprint density at radius 2 is 1.89 bits per heavy atom. The molecule has 1 atom stereocenters. The molecule has 3 heterocycles. The highest BCUT2D eigenvalue weighted by atomic mass is 16.3. The average molecular weight is 378 g/mol. The summed E-state index contributed by atoms with van der Waals surface area (Å²) in [6, 6.07) is 8.58. The van der Waals surface area contributed by atoms with Crippen LogP contribution in [0.2, 0.25) is 0 Å². The average Bonchev–Trinajstić information content (AvgIpc) is 3.22. The molecule has 0 aliphatic heterocycles. The lowest BCUT2D eigenvalue weighted by Crippen LogP contribution is -2.35. The molecule has 4 rings (SSSR count). The number of anilines is 1. The van der Waals surface area contributed by atoms with Crippen LogP contribution in [0.25, 0.3) is 16.6 Å². The fraction of sp³-hybridized carbons (Fsp3) is 0.286. The third-order valence-corrected chi connectivity index (χ3v) is 4.88. The number of nitrogens with zero attached hydrogens (tertiary/aromatic N) is 3. The van der Waals surface area contributed by atoms with Crippen LogP contribution in [-0.2, 0) is 11.2 Å². The van der Waals surface area contributed by atoms with Gasteiger partial charge in [0.1, 0.15) is 17.4 Å². The number of hydrogen-bond acceptors (Lipinski definition) is 4. The van der Waals surface area contributed by atoms with E-state index in [1.807, 2.05) is 45.0 Å². The Balaban J connectivity index is 1.76. The molecule has 0 spiro atoms. The van der Waals surface area contributed by atoms with Crippen molar-refractivity contribution < 1.29 is 9.21 Å². The van der Waals surface area contributed by atoms with Crippen LogP contribution in [-0.4, -0.2) is 20.1 Å². The highest BCUT2D eigenvalue weighted by Gasteiger charge is 2.22.